The summed E-state index contributed by atoms with van der Waals surface area (Å²) in [4.78, 5) is 27.1. The zero-order valence-electron chi connectivity index (χ0n) is 17.7. The van der Waals surface area contributed by atoms with Crippen molar-refractivity contribution in [1.82, 2.24) is 0 Å². The Kier molecular flexibility index (Phi) is 6.06. The summed E-state index contributed by atoms with van der Waals surface area (Å²) in [5.74, 6) is 0.935. The van der Waals surface area contributed by atoms with Gasteiger partial charge in [-0.2, -0.15) is 0 Å². The molecule has 0 bridgehead atoms. The second-order valence-electron chi connectivity index (χ2n) is 7.37. The molecule has 0 unspecified atom stereocenters. The zero-order valence-corrected chi connectivity index (χ0v) is 17.7. The van der Waals surface area contributed by atoms with E-state index in [1.807, 2.05) is 12.1 Å². The van der Waals surface area contributed by atoms with Crippen LogP contribution in [0.3, 0.4) is 0 Å². The Morgan fingerprint density at radius 1 is 0.812 bits per heavy atom. The highest BCUT2D eigenvalue weighted by molar-refractivity contribution is 5.94. The molecule has 10 heteroatoms. The molecule has 2 heterocycles. The lowest BCUT2D eigenvalue weighted by Crippen LogP contribution is -2.26. The number of anilines is 2. The summed E-state index contributed by atoms with van der Waals surface area (Å²) < 4.78 is 21.2. The van der Waals surface area contributed by atoms with E-state index in [0.29, 0.717) is 22.9 Å². The number of benzene rings is 2. The molecule has 2 aromatic rings. The van der Waals surface area contributed by atoms with Crippen molar-refractivity contribution in [1.29, 1.82) is 0 Å². The zero-order chi connectivity index (χ0) is 22.8. The third-order valence-corrected chi connectivity index (χ3v) is 5.43. The first-order valence-corrected chi connectivity index (χ1v) is 10.0. The number of rotatable bonds is 7. The molecule has 2 aliphatic heterocycles. The number of methoxy groups -OCH3 is 2. The number of nitrogens with zero attached hydrogens (tertiary/aromatic N) is 2. The lowest BCUT2D eigenvalue weighted by atomic mass is 10.0. The Hall–Kier alpha value is -3.50. The van der Waals surface area contributed by atoms with Gasteiger partial charge in [0.2, 0.25) is 0 Å². The molecule has 0 saturated carbocycles. The van der Waals surface area contributed by atoms with Crippen molar-refractivity contribution in [2.75, 3.05) is 50.3 Å². The molecule has 0 radical (unpaired) electrons. The van der Waals surface area contributed by atoms with E-state index in [2.05, 4.69) is 0 Å². The van der Waals surface area contributed by atoms with Crippen molar-refractivity contribution >= 4 is 23.6 Å². The molecular formula is C22H24N2O8. The van der Waals surface area contributed by atoms with Crippen LogP contribution >= 0.6 is 0 Å². The summed E-state index contributed by atoms with van der Waals surface area (Å²) in [5.41, 5.74) is 2.68. The number of ether oxygens (including phenoxy) is 4. The van der Waals surface area contributed by atoms with E-state index in [1.54, 1.807) is 24.3 Å². The molecule has 2 aliphatic rings. The fraction of sp³-hybridized carbons (Fsp3) is 0.364. The van der Waals surface area contributed by atoms with Gasteiger partial charge in [0, 0.05) is 0 Å². The van der Waals surface area contributed by atoms with Crippen LogP contribution in [0.4, 0.5) is 21.0 Å². The van der Waals surface area contributed by atoms with Gasteiger partial charge in [-0.05, 0) is 35.4 Å². The summed E-state index contributed by atoms with van der Waals surface area (Å²) in [6.45, 7) is -0.0422. The van der Waals surface area contributed by atoms with E-state index >= 15 is 0 Å². The van der Waals surface area contributed by atoms with Crippen LogP contribution in [-0.2, 0) is 9.47 Å². The standard InChI is InChI=1S/C22H24N2O8/c1-29-19-7-13(3-5-17(19)23-9-15(11-25)31-21(23)27)14-4-6-18(20(8-14)30-2)24-10-16(12-26)32-22(24)28/h3-8,15-16,25-26H,9-12H2,1-2H3/t15-,16-/m1/s1. The Morgan fingerprint density at radius 3 is 1.53 bits per heavy atom. The van der Waals surface area contributed by atoms with Gasteiger partial charge in [-0.15, -0.1) is 0 Å². The van der Waals surface area contributed by atoms with Gasteiger partial charge in [0.1, 0.15) is 23.7 Å². The highest BCUT2D eigenvalue weighted by Gasteiger charge is 2.35. The van der Waals surface area contributed by atoms with Crippen LogP contribution in [0.5, 0.6) is 11.5 Å². The van der Waals surface area contributed by atoms with Crippen LogP contribution in [0.2, 0.25) is 0 Å². The predicted octanol–water partition coefficient (Wildman–Crippen LogP) is 2.01. The molecule has 10 nitrogen and oxygen atoms in total. The molecule has 2 fully saturated rings. The molecule has 2 aromatic carbocycles. The molecule has 0 aliphatic carbocycles. The minimum atomic E-state index is -0.577. The Balaban J connectivity index is 1.64. The van der Waals surface area contributed by atoms with Crippen LogP contribution in [0.25, 0.3) is 11.1 Å². The minimum Gasteiger partial charge on any atom is -0.495 e. The first-order valence-electron chi connectivity index (χ1n) is 10.0. The van der Waals surface area contributed by atoms with Crippen molar-refractivity contribution in [2.24, 2.45) is 0 Å². The van der Waals surface area contributed by atoms with Crippen LogP contribution in [0.15, 0.2) is 36.4 Å². The maximum absolute atomic E-state index is 12.1. The van der Waals surface area contributed by atoms with Gasteiger partial charge < -0.3 is 29.2 Å². The molecular weight excluding hydrogens is 420 g/mol. The molecule has 2 amide bonds. The second kappa shape index (κ2) is 8.93. The third-order valence-electron chi connectivity index (χ3n) is 5.43. The lowest BCUT2D eigenvalue weighted by molar-refractivity contribution is 0.0960. The van der Waals surface area contributed by atoms with E-state index in [4.69, 9.17) is 18.9 Å². The van der Waals surface area contributed by atoms with E-state index in [1.165, 1.54) is 24.0 Å². The molecule has 32 heavy (non-hydrogen) atoms. The summed E-state index contributed by atoms with van der Waals surface area (Å²) in [7, 11) is 3.02. The van der Waals surface area contributed by atoms with E-state index in [0.717, 1.165) is 11.1 Å². The smallest absolute Gasteiger partial charge is 0.414 e. The fourth-order valence-corrected chi connectivity index (χ4v) is 3.79. The molecule has 2 N–H and O–H groups in total. The average molecular weight is 444 g/mol. The molecule has 0 aromatic heterocycles. The van der Waals surface area contributed by atoms with Gasteiger partial charge in [-0.25, -0.2) is 9.59 Å². The van der Waals surface area contributed by atoms with Gasteiger partial charge in [0.05, 0.1) is 51.9 Å². The quantitative estimate of drug-likeness (QED) is 0.666. The van der Waals surface area contributed by atoms with Crippen molar-refractivity contribution in [2.45, 2.75) is 12.2 Å². The summed E-state index contributed by atoms with van der Waals surface area (Å²) >= 11 is 0. The number of cyclic esters (lactones) is 2. The number of aliphatic hydroxyl groups excluding tert-OH is 2. The number of aliphatic hydroxyl groups is 2. The first-order chi connectivity index (χ1) is 15.5. The van der Waals surface area contributed by atoms with Gasteiger partial charge in [0.15, 0.2) is 0 Å². The Morgan fingerprint density at radius 2 is 1.22 bits per heavy atom. The highest BCUT2D eigenvalue weighted by atomic mass is 16.6. The van der Waals surface area contributed by atoms with E-state index in [9.17, 15) is 19.8 Å². The van der Waals surface area contributed by atoms with Crippen LogP contribution in [0.1, 0.15) is 0 Å². The van der Waals surface area contributed by atoms with Crippen molar-refractivity contribution in [3.05, 3.63) is 36.4 Å². The third kappa shape index (κ3) is 3.90. The number of carbonyl (C=O) groups excluding carboxylic acids is 2. The number of amides is 2. The topological polar surface area (TPSA) is 118 Å². The minimum absolute atomic E-state index is 0.230. The van der Waals surface area contributed by atoms with Gasteiger partial charge in [-0.3, -0.25) is 9.80 Å². The Labute approximate surface area is 184 Å². The molecule has 0 spiro atoms. The monoisotopic (exact) mass is 444 g/mol. The normalized spacial score (nSPS) is 20.4. The van der Waals surface area contributed by atoms with Crippen molar-refractivity contribution in [3.63, 3.8) is 0 Å². The summed E-state index contributed by atoms with van der Waals surface area (Å²) in [6.07, 6.45) is -2.24. The first kappa shape index (κ1) is 21.7. The molecule has 2 saturated heterocycles. The maximum atomic E-state index is 12.1. The highest BCUT2D eigenvalue weighted by Crippen LogP contribution is 2.39. The summed E-state index contributed by atoms with van der Waals surface area (Å²) in [5, 5.41) is 18.5. The van der Waals surface area contributed by atoms with Gasteiger partial charge in [0.25, 0.3) is 0 Å². The van der Waals surface area contributed by atoms with Crippen molar-refractivity contribution in [3.8, 4) is 22.6 Å². The molecule has 170 valence electrons. The largest absolute Gasteiger partial charge is 0.495 e. The number of carbonyl (C=O) groups is 2. The SMILES string of the molecule is COc1cc(-c2ccc(N3C[C@H](CO)OC3=O)c(OC)c2)ccc1N1C[C@H](CO)OC1=O. The molecule has 2 atom stereocenters. The fourth-order valence-electron chi connectivity index (χ4n) is 3.79. The molecule has 4 rings (SSSR count). The van der Waals surface area contributed by atoms with Gasteiger partial charge in [-0.1, -0.05) is 12.1 Å². The van der Waals surface area contributed by atoms with Crippen LogP contribution in [-0.4, -0.2) is 75.1 Å². The van der Waals surface area contributed by atoms with Gasteiger partial charge >= 0.3 is 12.2 Å². The Bertz CT molecular complexity index is 945. The second-order valence-corrected chi connectivity index (χ2v) is 7.37. The summed E-state index contributed by atoms with van der Waals surface area (Å²) in [6, 6.07) is 10.7. The predicted molar refractivity (Wildman–Crippen MR) is 114 cm³/mol. The van der Waals surface area contributed by atoms with Crippen LogP contribution in [0, 0.1) is 0 Å². The van der Waals surface area contributed by atoms with Crippen LogP contribution < -0.4 is 19.3 Å². The van der Waals surface area contributed by atoms with E-state index < -0.39 is 24.4 Å². The van der Waals surface area contributed by atoms with Crippen molar-refractivity contribution < 1.29 is 38.7 Å². The van der Waals surface area contributed by atoms with E-state index in [-0.39, 0.29) is 26.3 Å². The average Bonchev–Trinajstić information content (AvgIpc) is 3.39. The number of hydrogen-bond acceptors (Lipinski definition) is 8. The lowest BCUT2D eigenvalue weighted by Gasteiger charge is -2.19. The maximum Gasteiger partial charge on any atom is 0.414 e. The number of hydrogen-bond donors (Lipinski definition) is 2.